The normalized spacial score (nSPS) is 14.4. The Labute approximate surface area is 206 Å². The number of esters is 1. The van der Waals surface area contributed by atoms with Crippen LogP contribution in [0.5, 0.6) is 5.75 Å². The summed E-state index contributed by atoms with van der Waals surface area (Å²) in [5.74, 6) is -1.06. The Bertz CT molecular complexity index is 1130. The van der Waals surface area contributed by atoms with Crippen molar-refractivity contribution < 1.29 is 28.7 Å². The lowest BCUT2D eigenvalue weighted by atomic mass is 10.2. The molecule has 0 bridgehead atoms. The number of carbonyl (C=O) groups is 4. The number of amides is 3. The zero-order chi connectivity index (χ0) is 24.7. The number of thioether (sulfide) groups is 1. The van der Waals surface area contributed by atoms with Crippen LogP contribution in [0.3, 0.4) is 0 Å². The van der Waals surface area contributed by atoms with E-state index in [2.05, 4.69) is 5.32 Å². The van der Waals surface area contributed by atoms with Crippen molar-refractivity contribution in [3.05, 3.63) is 63.5 Å². The van der Waals surface area contributed by atoms with Crippen LogP contribution in [0.2, 0.25) is 5.02 Å². The van der Waals surface area contributed by atoms with E-state index < -0.39 is 29.6 Å². The van der Waals surface area contributed by atoms with Gasteiger partial charge in [-0.05, 0) is 67.1 Å². The number of nitrogens with one attached hydrogen (secondary N) is 1. The Balaban J connectivity index is 1.65. The van der Waals surface area contributed by atoms with Gasteiger partial charge in [-0.3, -0.25) is 19.3 Å². The Morgan fingerprint density at radius 3 is 2.53 bits per heavy atom. The molecule has 1 fully saturated rings. The highest BCUT2D eigenvalue weighted by Crippen LogP contribution is 2.32. The van der Waals surface area contributed by atoms with Crippen LogP contribution in [0, 0.1) is 0 Å². The lowest BCUT2D eigenvalue weighted by Gasteiger charge is -2.13. The van der Waals surface area contributed by atoms with Crippen molar-refractivity contribution in [3.63, 3.8) is 0 Å². The second-order valence-electron chi connectivity index (χ2n) is 7.15. The molecular formula is C24H23ClN2O6S. The van der Waals surface area contributed by atoms with Crippen LogP contribution in [0.4, 0.5) is 10.5 Å². The molecule has 0 spiro atoms. The molecule has 8 nitrogen and oxygen atoms in total. The van der Waals surface area contributed by atoms with Crippen molar-refractivity contribution in [1.82, 2.24) is 4.90 Å². The largest absolute Gasteiger partial charge is 0.494 e. The standard InChI is InChI=1S/C24H23ClN2O6S/c1-3-11-33-23(30)18-13-16(7-10-19(18)25)26-21(28)14-27-22(29)20(34-24(27)31)12-15-5-8-17(9-6-15)32-4-2/h5-10,12-13H,3-4,11,14H2,1-2H3,(H,26,28)/b20-12+. The van der Waals surface area contributed by atoms with Gasteiger partial charge in [0, 0.05) is 5.69 Å². The van der Waals surface area contributed by atoms with Gasteiger partial charge in [0.05, 0.1) is 28.7 Å². The number of halogens is 1. The van der Waals surface area contributed by atoms with Gasteiger partial charge in [0.25, 0.3) is 11.1 Å². The number of imide groups is 1. The summed E-state index contributed by atoms with van der Waals surface area (Å²) in [7, 11) is 0. The molecule has 3 amide bonds. The second-order valence-corrected chi connectivity index (χ2v) is 8.55. The third-order valence-corrected chi connectivity index (χ3v) is 5.81. The summed E-state index contributed by atoms with van der Waals surface area (Å²) in [6.45, 7) is 4.07. The van der Waals surface area contributed by atoms with Crippen molar-refractivity contribution in [2.24, 2.45) is 0 Å². The van der Waals surface area contributed by atoms with Gasteiger partial charge < -0.3 is 14.8 Å². The number of carbonyl (C=O) groups excluding carboxylic acids is 4. The maximum atomic E-state index is 12.7. The molecule has 0 aliphatic carbocycles. The van der Waals surface area contributed by atoms with Crippen molar-refractivity contribution in [3.8, 4) is 5.75 Å². The average molecular weight is 503 g/mol. The summed E-state index contributed by atoms with van der Waals surface area (Å²) in [5, 5.41) is 2.22. The second kappa shape index (κ2) is 11.7. The predicted molar refractivity (Wildman–Crippen MR) is 131 cm³/mol. The topological polar surface area (TPSA) is 102 Å². The van der Waals surface area contributed by atoms with Gasteiger partial charge in [0.15, 0.2) is 0 Å². The molecule has 3 rings (SSSR count). The van der Waals surface area contributed by atoms with Gasteiger partial charge >= 0.3 is 5.97 Å². The Kier molecular flexibility index (Phi) is 8.72. The number of anilines is 1. The van der Waals surface area contributed by atoms with E-state index in [0.717, 1.165) is 22.2 Å². The number of ether oxygens (including phenoxy) is 2. The molecule has 1 heterocycles. The van der Waals surface area contributed by atoms with Crippen LogP contribution in [0.25, 0.3) is 6.08 Å². The lowest BCUT2D eigenvalue weighted by Crippen LogP contribution is -2.36. The van der Waals surface area contributed by atoms with Crippen LogP contribution in [0.1, 0.15) is 36.2 Å². The fourth-order valence-electron chi connectivity index (χ4n) is 2.99. The fourth-order valence-corrected chi connectivity index (χ4v) is 4.02. The van der Waals surface area contributed by atoms with Crippen molar-refractivity contribution >= 4 is 58.1 Å². The van der Waals surface area contributed by atoms with E-state index >= 15 is 0 Å². The first-order valence-electron chi connectivity index (χ1n) is 10.6. The molecule has 1 saturated heterocycles. The molecule has 1 aliphatic rings. The van der Waals surface area contributed by atoms with E-state index in [0.29, 0.717) is 18.8 Å². The van der Waals surface area contributed by atoms with E-state index in [1.165, 1.54) is 18.2 Å². The van der Waals surface area contributed by atoms with Gasteiger partial charge in [-0.1, -0.05) is 30.7 Å². The summed E-state index contributed by atoms with van der Waals surface area (Å²) in [5.41, 5.74) is 1.12. The number of benzene rings is 2. The van der Waals surface area contributed by atoms with Gasteiger partial charge in [-0.15, -0.1) is 0 Å². The molecule has 0 aromatic heterocycles. The Hall–Kier alpha value is -3.30. The quantitative estimate of drug-likeness (QED) is 0.381. The molecule has 10 heteroatoms. The van der Waals surface area contributed by atoms with E-state index in [1.807, 2.05) is 13.8 Å². The number of hydrogen-bond acceptors (Lipinski definition) is 7. The van der Waals surface area contributed by atoms with Crippen LogP contribution in [-0.2, 0) is 14.3 Å². The molecule has 34 heavy (non-hydrogen) atoms. The Morgan fingerprint density at radius 2 is 1.85 bits per heavy atom. The number of nitrogens with zero attached hydrogens (tertiary/aromatic N) is 1. The first-order chi connectivity index (χ1) is 16.3. The third-order valence-electron chi connectivity index (χ3n) is 4.57. The van der Waals surface area contributed by atoms with E-state index in [1.54, 1.807) is 30.3 Å². The smallest absolute Gasteiger partial charge is 0.339 e. The zero-order valence-corrected chi connectivity index (χ0v) is 20.2. The SMILES string of the molecule is CCCOC(=O)c1cc(NC(=O)CN2C(=O)S/C(=C/c3ccc(OCC)cc3)C2=O)ccc1Cl. The summed E-state index contributed by atoms with van der Waals surface area (Å²) in [6, 6.07) is 11.4. The molecule has 0 saturated carbocycles. The van der Waals surface area contributed by atoms with E-state index in [4.69, 9.17) is 21.1 Å². The zero-order valence-electron chi connectivity index (χ0n) is 18.6. The monoisotopic (exact) mass is 502 g/mol. The van der Waals surface area contributed by atoms with Crippen molar-refractivity contribution in [2.75, 3.05) is 25.1 Å². The highest BCUT2D eigenvalue weighted by Gasteiger charge is 2.36. The molecule has 1 aliphatic heterocycles. The fraction of sp³-hybridized carbons (Fsp3) is 0.250. The van der Waals surface area contributed by atoms with Gasteiger partial charge in [0.1, 0.15) is 12.3 Å². The number of rotatable bonds is 9. The minimum absolute atomic E-state index is 0.109. The summed E-state index contributed by atoms with van der Waals surface area (Å²) < 4.78 is 10.5. The van der Waals surface area contributed by atoms with Gasteiger partial charge in [0.2, 0.25) is 5.91 Å². The maximum absolute atomic E-state index is 12.7. The predicted octanol–water partition coefficient (Wildman–Crippen LogP) is 4.98. The summed E-state index contributed by atoms with van der Waals surface area (Å²) in [6.07, 6.45) is 2.25. The molecular weight excluding hydrogens is 480 g/mol. The van der Waals surface area contributed by atoms with Crippen LogP contribution in [-0.4, -0.2) is 47.7 Å². The first kappa shape index (κ1) is 25.3. The average Bonchev–Trinajstić information content (AvgIpc) is 3.07. The van der Waals surface area contributed by atoms with Crippen LogP contribution < -0.4 is 10.1 Å². The lowest BCUT2D eigenvalue weighted by molar-refractivity contribution is -0.127. The highest BCUT2D eigenvalue weighted by atomic mass is 35.5. The molecule has 178 valence electrons. The third kappa shape index (κ3) is 6.39. The molecule has 2 aromatic rings. The van der Waals surface area contributed by atoms with Gasteiger partial charge in [-0.25, -0.2) is 4.79 Å². The maximum Gasteiger partial charge on any atom is 0.339 e. The molecule has 0 unspecified atom stereocenters. The molecule has 2 aromatic carbocycles. The van der Waals surface area contributed by atoms with Crippen LogP contribution >= 0.6 is 23.4 Å². The van der Waals surface area contributed by atoms with Crippen molar-refractivity contribution in [2.45, 2.75) is 20.3 Å². The Morgan fingerprint density at radius 1 is 1.12 bits per heavy atom. The number of hydrogen-bond donors (Lipinski definition) is 1. The van der Waals surface area contributed by atoms with E-state index in [9.17, 15) is 19.2 Å². The molecule has 1 N–H and O–H groups in total. The van der Waals surface area contributed by atoms with Gasteiger partial charge in [-0.2, -0.15) is 0 Å². The minimum Gasteiger partial charge on any atom is -0.494 e. The summed E-state index contributed by atoms with van der Waals surface area (Å²) >= 11 is 6.83. The van der Waals surface area contributed by atoms with Crippen LogP contribution in [0.15, 0.2) is 47.4 Å². The minimum atomic E-state index is -0.603. The molecule has 0 atom stereocenters. The molecule has 0 radical (unpaired) electrons. The van der Waals surface area contributed by atoms with Crippen molar-refractivity contribution in [1.29, 1.82) is 0 Å². The summed E-state index contributed by atoms with van der Waals surface area (Å²) in [4.78, 5) is 50.8. The van der Waals surface area contributed by atoms with E-state index in [-0.39, 0.29) is 27.8 Å². The highest BCUT2D eigenvalue weighted by molar-refractivity contribution is 8.18. The first-order valence-corrected chi connectivity index (χ1v) is 11.8.